The van der Waals surface area contributed by atoms with Crippen LogP contribution in [0.25, 0.3) is 22.6 Å². The van der Waals surface area contributed by atoms with Crippen molar-refractivity contribution in [2.75, 3.05) is 0 Å². The van der Waals surface area contributed by atoms with Gasteiger partial charge in [-0.2, -0.15) is 5.21 Å². The van der Waals surface area contributed by atoms with Crippen molar-refractivity contribution < 1.29 is 0 Å². The molecule has 0 aliphatic carbocycles. The van der Waals surface area contributed by atoms with E-state index in [9.17, 15) is 0 Å². The number of hydrogen-bond donors (Lipinski definition) is 2. The Bertz CT molecular complexity index is 552. The second-order valence-electron chi connectivity index (χ2n) is 2.85. The van der Waals surface area contributed by atoms with Crippen LogP contribution >= 0.6 is 0 Å². The van der Waals surface area contributed by atoms with Crippen molar-refractivity contribution in [3.8, 4) is 11.5 Å². The molecule has 0 unspecified atom stereocenters. The molecule has 3 rings (SSSR count). The van der Waals surface area contributed by atoms with Gasteiger partial charge in [0.2, 0.25) is 5.82 Å². The maximum absolute atomic E-state index is 4.34. The zero-order chi connectivity index (χ0) is 9.38. The van der Waals surface area contributed by atoms with E-state index in [0.29, 0.717) is 11.5 Å². The molecule has 6 heteroatoms. The maximum Gasteiger partial charge on any atom is 0.223 e. The van der Waals surface area contributed by atoms with Gasteiger partial charge in [-0.15, -0.1) is 10.2 Å². The second kappa shape index (κ2) is 2.63. The summed E-state index contributed by atoms with van der Waals surface area (Å²) in [6.07, 6.45) is 1.84. The van der Waals surface area contributed by atoms with Crippen LogP contribution in [0.15, 0.2) is 24.4 Å². The van der Waals surface area contributed by atoms with E-state index in [1.807, 2.05) is 24.4 Å². The average Bonchev–Trinajstić information content (AvgIpc) is 2.88. The van der Waals surface area contributed by atoms with Gasteiger partial charge < -0.3 is 4.98 Å². The highest BCUT2D eigenvalue weighted by molar-refractivity contribution is 5.77. The minimum Gasteiger partial charge on any atom is -0.346 e. The molecule has 68 valence electrons. The number of fused-ring (bicyclic) bond motifs is 1. The fraction of sp³-hybridized carbons (Fsp3) is 0. The summed E-state index contributed by atoms with van der Waals surface area (Å²) in [5.74, 6) is 0.501. The predicted molar refractivity (Wildman–Crippen MR) is 49.3 cm³/mol. The van der Waals surface area contributed by atoms with Crippen molar-refractivity contribution in [1.82, 2.24) is 30.6 Å². The van der Waals surface area contributed by atoms with Gasteiger partial charge in [-0.1, -0.05) is 0 Å². The van der Waals surface area contributed by atoms with E-state index in [-0.39, 0.29) is 0 Å². The maximum atomic E-state index is 4.34. The Hall–Kier alpha value is -2.24. The Morgan fingerprint density at radius 3 is 3.00 bits per heavy atom. The van der Waals surface area contributed by atoms with Gasteiger partial charge in [0.15, 0.2) is 0 Å². The number of rotatable bonds is 1. The van der Waals surface area contributed by atoms with Gasteiger partial charge >= 0.3 is 0 Å². The molecule has 0 aliphatic rings. The highest BCUT2D eigenvalue weighted by Crippen LogP contribution is 2.15. The van der Waals surface area contributed by atoms with Gasteiger partial charge in [0, 0.05) is 11.6 Å². The van der Waals surface area contributed by atoms with E-state index in [2.05, 4.69) is 30.6 Å². The summed E-state index contributed by atoms with van der Waals surface area (Å²) in [5, 5.41) is 14.6. The molecule has 0 bridgehead atoms. The van der Waals surface area contributed by atoms with E-state index in [0.717, 1.165) is 11.0 Å². The summed E-state index contributed by atoms with van der Waals surface area (Å²) in [6, 6.07) is 5.79. The number of H-pyrrole nitrogens is 2. The number of hydrogen-bond acceptors (Lipinski definition) is 4. The van der Waals surface area contributed by atoms with Crippen molar-refractivity contribution >= 4 is 11.0 Å². The molecule has 14 heavy (non-hydrogen) atoms. The number of tetrazole rings is 1. The molecule has 3 aromatic heterocycles. The van der Waals surface area contributed by atoms with Crippen LogP contribution in [0, 0.1) is 0 Å². The minimum atomic E-state index is 0.501. The molecule has 3 aromatic rings. The number of pyridine rings is 1. The van der Waals surface area contributed by atoms with Crippen molar-refractivity contribution in [3.63, 3.8) is 0 Å². The SMILES string of the molecule is c1cc2ccc(-c3nn[nH]n3)nc2[nH]1. The van der Waals surface area contributed by atoms with Crippen molar-refractivity contribution in [2.24, 2.45) is 0 Å². The zero-order valence-electron chi connectivity index (χ0n) is 7.10. The molecule has 0 radical (unpaired) electrons. The van der Waals surface area contributed by atoms with Gasteiger partial charge in [0.25, 0.3) is 0 Å². The summed E-state index contributed by atoms with van der Waals surface area (Å²) < 4.78 is 0. The summed E-state index contributed by atoms with van der Waals surface area (Å²) in [4.78, 5) is 7.36. The predicted octanol–water partition coefficient (Wildman–Crippen LogP) is 0.743. The van der Waals surface area contributed by atoms with Gasteiger partial charge in [0.05, 0.1) is 0 Å². The first-order valence-corrected chi connectivity index (χ1v) is 4.11. The lowest BCUT2D eigenvalue weighted by atomic mass is 10.3. The summed E-state index contributed by atoms with van der Waals surface area (Å²) in [7, 11) is 0. The Balaban J connectivity index is 2.23. The molecule has 0 amide bonds. The monoisotopic (exact) mass is 186 g/mol. The second-order valence-corrected chi connectivity index (χ2v) is 2.85. The Labute approximate surface area is 78.4 Å². The van der Waals surface area contributed by atoms with Crippen LogP contribution in [0.4, 0.5) is 0 Å². The first-order valence-electron chi connectivity index (χ1n) is 4.11. The van der Waals surface area contributed by atoms with Crippen molar-refractivity contribution in [2.45, 2.75) is 0 Å². The molecule has 0 saturated carbocycles. The summed E-state index contributed by atoms with van der Waals surface area (Å²) in [6.45, 7) is 0. The lowest BCUT2D eigenvalue weighted by Crippen LogP contribution is -1.86. The minimum absolute atomic E-state index is 0.501. The van der Waals surface area contributed by atoms with Crippen molar-refractivity contribution in [1.29, 1.82) is 0 Å². The Morgan fingerprint density at radius 2 is 2.14 bits per heavy atom. The van der Waals surface area contributed by atoms with E-state index in [1.165, 1.54) is 0 Å². The molecule has 0 saturated heterocycles. The summed E-state index contributed by atoms with van der Waals surface area (Å²) >= 11 is 0. The van der Waals surface area contributed by atoms with Crippen LogP contribution in [0.3, 0.4) is 0 Å². The van der Waals surface area contributed by atoms with Crippen LogP contribution in [0.5, 0.6) is 0 Å². The number of nitrogens with one attached hydrogen (secondary N) is 2. The van der Waals surface area contributed by atoms with Gasteiger partial charge in [-0.3, -0.25) is 0 Å². The van der Waals surface area contributed by atoms with Crippen LogP contribution < -0.4 is 0 Å². The van der Waals surface area contributed by atoms with Gasteiger partial charge in [-0.05, 0) is 23.4 Å². The molecular formula is C8H6N6. The fourth-order valence-corrected chi connectivity index (χ4v) is 1.33. The zero-order valence-corrected chi connectivity index (χ0v) is 7.10. The van der Waals surface area contributed by atoms with E-state index in [4.69, 9.17) is 0 Å². The third-order valence-electron chi connectivity index (χ3n) is 1.98. The lowest BCUT2D eigenvalue weighted by Gasteiger charge is -1.93. The number of nitrogens with zero attached hydrogens (tertiary/aromatic N) is 4. The van der Waals surface area contributed by atoms with Gasteiger partial charge in [-0.25, -0.2) is 4.98 Å². The molecule has 0 aromatic carbocycles. The highest BCUT2D eigenvalue weighted by Gasteiger charge is 2.05. The molecule has 0 spiro atoms. The Kier molecular flexibility index (Phi) is 1.35. The average molecular weight is 186 g/mol. The number of aromatic amines is 2. The molecule has 0 aliphatic heterocycles. The topological polar surface area (TPSA) is 83.1 Å². The third kappa shape index (κ3) is 0.972. The van der Waals surface area contributed by atoms with Crippen LogP contribution in [-0.2, 0) is 0 Å². The fourth-order valence-electron chi connectivity index (χ4n) is 1.33. The first-order chi connectivity index (χ1) is 6.93. The van der Waals surface area contributed by atoms with Crippen LogP contribution in [0.2, 0.25) is 0 Å². The molecular weight excluding hydrogens is 180 g/mol. The van der Waals surface area contributed by atoms with E-state index in [1.54, 1.807) is 0 Å². The van der Waals surface area contributed by atoms with E-state index < -0.39 is 0 Å². The van der Waals surface area contributed by atoms with Crippen LogP contribution in [0.1, 0.15) is 0 Å². The smallest absolute Gasteiger partial charge is 0.223 e. The standard InChI is InChI=1S/C8H6N6/c1-2-6(8-11-13-14-12-8)10-7-5(1)3-4-9-7/h1-4H,(H,9,10)(H,11,12,13,14). The lowest BCUT2D eigenvalue weighted by molar-refractivity contribution is 0.881. The van der Waals surface area contributed by atoms with E-state index >= 15 is 0 Å². The van der Waals surface area contributed by atoms with Gasteiger partial charge in [0.1, 0.15) is 11.3 Å². The Morgan fingerprint density at radius 1 is 1.14 bits per heavy atom. The van der Waals surface area contributed by atoms with Crippen molar-refractivity contribution in [3.05, 3.63) is 24.4 Å². The largest absolute Gasteiger partial charge is 0.346 e. The highest BCUT2D eigenvalue weighted by atomic mass is 15.5. The molecule has 0 fully saturated rings. The van der Waals surface area contributed by atoms with Crippen LogP contribution in [-0.4, -0.2) is 30.6 Å². The molecule has 0 atom stereocenters. The molecule has 3 heterocycles. The number of aromatic nitrogens is 6. The first kappa shape index (κ1) is 7.19. The quantitative estimate of drug-likeness (QED) is 0.587. The third-order valence-corrected chi connectivity index (χ3v) is 1.98. The molecule has 6 nitrogen and oxygen atoms in total. The normalized spacial score (nSPS) is 10.9. The summed E-state index contributed by atoms with van der Waals surface area (Å²) in [5.41, 5.74) is 1.53. The molecule has 2 N–H and O–H groups in total.